The summed E-state index contributed by atoms with van der Waals surface area (Å²) in [5, 5.41) is 7.83. The highest BCUT2D eigenvalue weighted by Gasteiger charge is 2.34. The van der Waals surface area contributed by atoms with Gasteiger partial charge in [0.15, 0.2) is 17.3 Å². The van der Waals surface area contributed by atoms with Crippen molar-refractivity contribution < 1.29 is 14.0 Å². The molecule has 0 aliphatic carbocycles. The normalized spacial score (nSPS) is 25.1. The molecule has 2 unspecified atom stereocenters. The standard InChI is InChI=1S/C19H25N3O3/c1-23-16-6-3-12(9-17(16)24-2)10-18-21-19(25-22-18)11-13-7-14-4-5-15(8-13)20-14/h3,6,9,13-15,20H,4-5,7-8,10-11H2,1-2H3. The number of fused-ring (bicyclic) bond motifs is 2. The van der Waals surface area contributed by atoms with Gasteiger partial charge < -0.3 is 19.3 Å². The van der Waals surface area contributed by atoms with Gasteiger partial charge in [0.05, 0.1) is 14.2 Å². The molecule has 2 atom stereocenters. The third kappa shape index (κ3) is 3.63. The summed E-state index contributed by atoms with van der Waals surface area (Å²) in [6.45, 7) is 0. The molecule has 0 radical (unpaired) electrons. The first-order valence-electron chi connectivity index (χ1n) is 9.02. The van der Waals surface area contributed by atoms with E-state index < -0.39 is 0 Å². The number of nitrogens with zero attached hydrogens (tertiary/aromatic N) is 2. The number of hydrogen-bond donors (Lipinski definition) is 1. The van der Waals surface area contributed by atoms with Gasteiger partial charge in [0.25, 0.3) is 0 Å². The van der Waals surface area contributed by atoms with Gasteiger partial charge in [0.1, 0.15) is 0 Å². The Morgan fingerprint density at radius 1 is 1.12 bits per heavy atom. The molecule has 0 saturated carbocycles. The summed E-state index contributed by atoms with van der Waals surface area (Å²) < 4.78 is 16.1. The molecule has 1 aromatic carbocycles. The second-order valence-corrected chi connectivity index (χ2v) is 7.15. The Bertz CT molecular complexity index is 718. The Balaban J connectivity index is 1.40. The van der Waals surface area contributed by atoms with E-state index in [1.54, 1.807) is 14.2 Å². The molecule has 0 amide bonds. The molecule has 134 valence electrons. The van der Waals surface area contributed by atoms with Gasteiger partial charge in [-0.2, -0.15) is 4.98 Å². The predicted molar refractivity (Wildman–Crippen MR) is 93.0 cm³/mol. The van der Waals surface area contributed by atoms with E-state index in [0.717, 1.165) is 29.4 Å². The van der Waals surface area contributed by atoms with Crippen molar-refractivity contribution in [3.05, 3.63) is 35.5 Å². The molecule has 2 aliphatic heterocycles. The molecule has 2 aromatic rings. The first-order valence-corrected chi connectivity index (χ1v) is 9.02. The SMILES string of the molecule is COc1ccc(Cc2noc(CC3CC4CCC(C3)N4)n2)cc1OC. The van der Waals surface area contributed by atoms with Crippen molar-refractivity contribution in [2.75, 3.05) is 14.2 Å². The van der Waals surface area contributed by atoms with Gasteiger partial charge in [-0.3, -0.25) is 0 Å². The summed E-state index contributed by atoms with van der Waals surface area (Å²) in [5.41, 5.74) is 1.07. The van der Waals surface area contributed by atoms with Crippen LogP contribution in [-0.2, 0) is 12.8 Å². The summed E-state index contributed by atoms with van der Waals surface area (Å²) in [7, 11) is 3.27. The Hall–Kier alpha value is -2.08. The first-order chi connectivity index (χ1) is 12.2. The lowest BCUT2D eigenvalue weighted by Crippen LogP contribution is -2.38. The van der Waals surface area contributed by atoms with Crippen LogP contribution in [0.5, 0.6) is 11.5 Å². The largest absolute Gasteiger partial charge is 0.493 e. The third-order valence-electron chi connectivity index (χ3n) is 5.35. The van der Waals surface area contributed by atoms with Gasteiger partial charge in [-0.25, -0.2) is 0 Å². The van der Waals surface area contributed by atoms with Crippen molar-refractivity contribution >= 4 is 0 Å². The maximum Gasteiger partial charge on any atom is 0.226 e. The summed E-state index contributed by atoms with van der Waals surface area (Å²) in [5.74, 6) is 3.59. The van der Waals surface area contributed by atoms with Crippen LogP contribution in [0.1, 0.15) is 43.0 Å². The molecule has 1 N–H and O–H groups in total. The number of hydrogen-bond acceptors (Lipinski definition) is 6. The van der Waals surface area contributed by atoms with Crippen LogP contribution in [-0.4, -0.2) is 36.4 Å². The molecule has 2 bridgehead atoms. The van der Waals surface area contributed by atoms with Crippen LogP contribution in [0, 0.1) is 5.92 Å². The maximum absolute atomic E-state index is 5.49. The van der Waals surface area contributed by atoms with Crippen molar-refractivity contribution in [2.24, 2.45) is 5.92 Å². The zero-order valence-corrected chi connectivity index (χ0v) is 14.8. The average Bonchev–Trinajstić information content (AvgIpc) is 3.20. The second-order valence-electron chi connectivity index (χ2n) is 7.15. The number of nitrogens with one attached hydrogen (secondary N) is 1. The molecule has 25 heavy (non-hydrogen) atoms. The molecule has 4 rings (SSSR count). The summed E-state index contributed by atoms with van der Waals surface area (Å²) in [4.78, 5) is 4.60. The lowest BCUT2D eigenvalue weighted by atomic mass is 9.90. The van der Waals surface area contributed by atoms with E-state index in [0.29, 0.717) is 30.2 Å². The van der Waals surface area contributed by atoms with Gasteiger partial charge in [-0.05, 0) is 49.3 Å². The lowest BCUT2D eigenvalue weighted by Gasteiger charge is -2.28. The molecule has 6 nitrogen and oxygen atoms in total. The zero-order chi connectivity index (χ0) is 17.2. The van der Waals surface area contributed by atoms with Crippen molar-refractivity contribution in [3.63, 3.8) is 0 Å². The molecule has 2 aliphatic rings. The molecular formula is C19H25N3O3. The highest BCUT2D eigenvalue weighted by Crippen LogP contribution is 2.33. The molecule has 1 aromatic heterocycles. The molecule has 3 heterocycles. The topological polar surface area (TPSA) is 69.4 Å². The fraction of sp³-hybridized carbons (Fsp3) is 0.579. The van der Waals surface area contributed by atoms with Crippen LogP contribution in [0.15, 0.2) is 22.7 Å². The molecule has 2 saturated heterocycles. The quantitative estimate of drug-likeness (QED) is 0.870. The van der Waals surface area contributed by atoms with E-state index in [-0.39, 0.29) is 0 Å². The first kappa shape index (κ1) is 16.4. The minimum absolute atomic E-state index is 0.626. The van der Waals surface area contributed by atoms with Gasteiger partial charge in [0, 0.05) is 24.9 Å². The van der Waals surface area contributed by atoms with Crippen molar-refractivity contribution in [2.45, 2.75) is 50.6 Å². The number of aromatic nitrogens is 2. The highest BCUT2D eigenvalue weighted by atomic mass is 16.5. The van der Waals surface area contributed by atoms with Gasteiger partial charge in [0.2, 0.25) is 5.89 Å². The van der Waals surface area contributed by atoms with Crippen molar-refractivity contribution in [1.82, 2.24) is 15.5 Å². The van der Waals surface area contributed by atoms with Crippen LogP contribution >= 0.6 is 0 Å². The number of ether oxygens (including phenoxy) is 2. The number of methoxy groups -OCH3 is 2. The van der Waals surface area contributed by atoms with Crippen LogP contribution in [0.2, 0.25) is 0 Å². The van der Waals surface area contributed by atoms with E-state index in [1.807, 2.05) is 18.2 Å². The van der Waals surface area contributed by atoms with E-state index in [1.165, 1.54) is 25.7 Å². The summed E-state index contributed by atoms with van der Waals surface area (Å²) in [6, 6.07) is 7.25. The highest BCUT2D eigenvalue weighted by molar-refractivity contribution is 5.43. The van der Waals surface area contributed by atoms with Gasteiger partial charge >= 0.3 is 0 Å². The summed E-state index contributed by atoms with van der Waals surface area (Å²) in [6.07, 6.45) is 6.60. The lowest BCUT2D eigenvalue weighted by molar-refractivity contribution is 0.270. The Morgan fingerprint density at radius 3 is 2.60 bits per heavy atom. The summed E-state index contributed by atoms with van der Waals surface area (Å²) >= 11 is 0. The number of benzene rings is 1. The Labute approximate surface area is 147 Å². The average molecular weight is 343 g/mol. The van der Waals surface area contributed by atoms with E-state index in [2.05, 4.69) is 15.5 Å². The fourth-order valence-electron chi connectivity index (χ4n) is 4.21. The van der Waals surface area contributed by atoms with E-state index >= 15 is 0 Å². The van der Waals surface area contributed by atoms with Crippen LogP contribution in [0.25, 0.3) is 0 Å². The molecular weight excluding hydrogens is 318 g/mol. The van der Waals surface area contributed by atoms with Gasteiger partial charge in [-0.1, -0.05) is 11.2 Å². The van der Waals surface area contributed by atoms with Crippen molar-refractivity contribution in [3.8, 4) is 11.5 Å². The van der Waals surface area contributed by atoms with Crippen LogP contribution < -0.4 is 14.8 Å². The van der Waals surface area contributed by atoms with E-state index in [4.69, 9.17) is 14.0 Å². The monoisotopic (exact) mass is 343 g/mol. The number of rotatable bonds is 6. The predicted octanol–water partition coefficient (Wildman–Crippen LogP) is 2.75. The molecule has 0 spiro atoms. The smallest absolute Gasteiger partial charge is 0.226 e. The second kappa shape index (κ2) is 7.04. The maximum atomic E-state index is 5.49. The van der Waals surface area contributed by atoms with Gasteiger partial charge in [-0.15, -0.1) is 0 Å². The molecule has 6 heteroatoms. The third-order valence-corrected chi connectivity index (χ3v) is 5.35. The minimum Gasteiger partial charge on any atom is -0.493 e. The van der Waals surface area contributed by atoms with E-state index in [9.17, 15) is 0 Å². The number of piperidine rings is 1. The minimum atomic E-state index is 0.626. The molecule has 2 fully saturated rings. The van der Waals surface area contributed by atoms with Crippen LogP contribution in [0.4, 0.5) is 0 Å². The van der Waals surface area contributed by atoms with Crippen LogP contribution in [0.3, 0.4) is 0 Å². The Morgan fingerprint density at radius 2 is 1.88 bits per heavy atom. The zero-order valence-electron chi connectivity index (χ0n) is 14.8. The fourth-order valence-corrected chi connectivity index (χ4v) is 4.21. The van der Waals surface area contributed by atoms with Crippen molar-refractivity contribution in [1.29, 1.82) is 0 Å². The Kier molecular flexibility index (Phi) is 4.61.